The highest BCUT2D eigenvalue weighted by atomic mass is 16.5. The molecule has 0 unspecified atom stereocenters. The number of nitrogens with zero attached hydrogens (tertiary/aromatic N) is 2. The molecule has 1 fully saturated rings. The van der Waals surface area contributed by atoms with E-state index >= 15 is 0 Å². The van der Waals surface area contributed by atoms with Crippen LogP contribution in [-0.2, 0) is 11.3 Å². The summed E-state index contributed by atoms with van der Waals surface area (Å²) in [4.78, 5) is 14.6. The summed E-state index contributed by atoms with van der Waals surface area (Å²) in [5, 5.41) is 4.02. The third-order valence-corrected chi connectivity index (χ3v) is 4.23. The third kappa shape index (κ3) is 4.91. The van der Waals surface area contributed by atoms with Gasteiger partial charge in [-0.15, -0.1) is 0 Å². The summed E-state index contributed by atoms with van der Waals surface area (Å²) in [6.07, 6.45) is 1.57. The van der Waals surface area contributed by atoms with E-state index in [9.17, 15) is 4.79 Å². The number of carbonyl (C=O) groups excluding carboxylic acids is 1. The maximum absolute atomic E-state index is 12.2. The lowest BCUT2D eigenvalue weighted by molar-refractivity contribution is 0.0342. The summed E-state index contributed by atoms with van der Waals surface area (Å²) < 4.78 is 10.6. The number of amides is 1. The van der Waals surface area contributed by atoms with Gasteiger partial charge in [-0.3, -0.25) is 9.69 Å². The Hall–Kier alpha value is -2.70. The van der Waals surface area contributed by atoms with E-state index in [-0.39, 0.29) is 5.91 Å². The van der Waals surface area contributed by atoms with Crippen LogP contribution in [0.5, 0.6) is 5.75 Å². The Labute approximate surface area is 153 Å². The second-order valence-electron chi connectivity index (χ2n) is 6.03. The van der Waals surface area contributed by atoms with Crippen molar-refractivity contribution in [2.75, 3.05) is 33.4 Å². The summed E-state index contributed by atoms with van der Waals surface area (Å²) in [6, 6.07) is 15.1. The molecule has 0 bridgehead atoms. The van der Waals surface area contributed by atoms with Gasteiger partial charge in [0.25, 0.3) is 5.91 Å². The molecule has 136 valence electrons. The van der Waals surface area contributed by atoms with E-state index in [0.29, 0.717) is 11.3 Å². The van der Waals surface area contributed by atoms with Gasteiger partial charge < -0.3 is 9.47 Å². The van der Waals surface area contributed by atoms with Crippen LogP contribution in [0, 0.1) is 0 Å². The molecule has 1 aliphatic heterocycles. The molecule has 0 spiro atoms. The number of hydrogen-bond acceptors (Lipinski definition) is 5. The van der Waals surface area contributed by atoms with Crippen LogP contribution in [0.25, 0.3) is 0 Å². The quantitative estimate of drug-likeness (QED) is 0.639. The van der Waals surface area contributed by atoms with Crippen LogP contribution in [0.2, 0.25) is 0 Å². The lowest BCUT2D eigenvalue weighted by Crippen LogP contribution is -2.35. The van der Waals surface area contributed by atoms with E-state index in [1.807, 2.05) is 48.5 Å². The minimum atomic E-state index is -0.242. The number of hydrogen-bond donors (Lipinski definition) is 1. The van der Waals surface area contributed by atoms with Gasteiger partial charge in [0.2, 0.25) is 0 Å². The maximum atomic E-state index is 12.2. The van der Waals surface area contributed by atoms with Crippen molar-refractivity contribution in [1.82, 2.24) is 10.3 Å². The van der Waals surface area contributed by atoms with Crippen molar-refractivity contribution in [3.63, 3.8) is 0 Å². The first-order valence-corrected chi connectivity index (χ1v) is 8.62. The van der Waals surface area contributed by atoms with Crippen molar-refractivity contribution >= 4 is 12.1 Å². The average molecular weight is 353 g/mol. The molecule has 1 saturated heterocycles. The van der Waals surface area contributed by atoms with Crippen molar-refractivity contribution in [2.45, 2.75) is 6.54 Å². The molecular weight excluding hydrogens is 330 g/mol. The van der Waals surface area contributed by atoms with Gasteiger partial charge in [0, 0.05) is 30.8 Å². The Bertz CT molecular complexity index is 753. The van der Waals surface area contributed by atoms with Crippen LogP contribution in [0.4, 0.5) is 0 Å². The van der Waals surface area contributed by atoms with E-state index < -0.39 is 0 Å². The first-order chi connectivity index (χ1) is 12.8. The fraction of sp³-hybridized carbons (Fsp3) is 0.300. The predicted molar refractivity (Wildman–Crippen MR) is 101 cm³/mol. The summed E-state index contributed by atoms with van der Waals surface area (Å²) >= 11 is 0. The highest BCUT2D eigenvalue weighted by Gasteiger charge is 2.11. The predicted octanol–water partition coefficient (Wildman–Crippen LogP) is 2.29. The molecule has 1 aliphatic rings. The highest BCUT2D eigenvalue weighted by Crippen LogP contribution is 2.14. The molecule has 3 rings (SSSR count). The zero-order valence-electron chi connectivity index (χ0n) is 14.9. The molecule has 0 radical (unpaired) electrons. The van der Waals surface area contributed by atoms with Gasteiger partial charge in [0.1, 0.15) is 5.75 Å². The highest BCUT2D eigenvalue weighted by molar-refractivity contribution is 5.95. The lowest BCUT2D eigenvalue weighted by Gasteiger charge is -2.26. The largest absolute Gasteiger partial charge is 0.496 e. The SMILES string of the molecule is COc1ccccc1/C=N\NC(=O)c1ccc(CN2CCOCC2)cc1. The molecule has 1 heterocycles. The van der Waals surface area contributed by atoms with Crippen molar-refractivity contribution in [3.05, 3.63) is 65.2 Å². The average Bonchev–Trinajstić information content (AvgIpc) is 2.69. The first kappa shape index (κ1) is 18.1. The van der Waals surface area contributed by atoms with Crippen molar-refractivity contribution in [2.24, 2.45) is 5.10 Å². The van der Waals surface area contributed by atoms with Crippen LogP contribution in [-0.4, -0.2) is 50.4 Å². The van der Waals surface area contributed by atoms with E-state index in [0.717, 1.165) is 38.4 Å². The molecule has 0 atom stereocenters. The summed E-state index contributed by atoms with van der Waals surface area (Å²) in [6.45, 7) is 4.33. The van der Waals surface area contributed by atoms with Crippen LogP contribution < -0.4 is 10.2 Å². The number of ether oxygens (including phenoxy) is 2. The van der Waals surface area contributed by atoms with E-state index in [4.69, 9.17) is 9.47 Å². The number of para-hydroxylation sites is 1. The van der Waals surface area contributed by atoms with Gasteiger partial charge in [-0.1, -0.05) is 24.3 Å². The topological polar surface area (TPSA) is 63.2 Å². The number of morpholine rings is 1. The zero-order chi connectivity index (χ0) is 18.2. The van der Waals surface area contributed by atoms with Crippen LogP contribution in [0.15, 0.2) is 53.6 Å². The molecule has 0 aromatic heterocycles. The molecule has 1 N–H and O–H groups in total. The monoisotopic (exact) mass is 353 g/mol. The van der Waals surface area contributed by atoms with Gasteiger partial charge in [-0.25, -0.2) is 5.43 Å². The van der Waals surface area contributed by atoms with Crippen molar-refractivity contribution in [1.29, 1.82) is 0 Å². The van der Waals surface area contributed by atoms with Gasteiger partial charge in [-0.2, -0.15) is 5.10 Å². The Morgan fingerprint density at radius 1 is 1.19 bits per heavy atom. The number of benzene rings is 2. The second-order valence-corrected chi connectivity index (χ2v) is 6.03. The maximum Gasteiger partial charge on any atom is 0.271 e. The number of methoxy groups -OCH3 is 1. The van der Waals surface area contributed by atoms with Gasteiger partial charge in [-0.05, 0) is 29.8 Å². The molecule has 6 heteroatoms. The Morgan fingerprint density at radius 3 is 2.65 bits per heavy atom. The number of carbonyl (C=O) groups is 1. The minimum Gasteiger partial charge on any atom is -0.496 e. The minimum absolute atomic E-state index is 0.242. The summed E-state index contributed by atoms with van der Waals surface area (Å²) in [5.74, 6) is 0.465. The standard InChI is InChI=1S/C20H23N3O3/c1-25-19-5-3-2-4-18(19)14-21-22-20(24)17-8-6-16(7-9-17)15-23-10-12-26-13-11-23/h2-9,14H,10-13,15H2,1H3,(H,22,24)/b21-14-. The number of nitrogens with one attached hydrogen (secondary N) is 1. The number of hydrazone groups is 1. The molecule has 6 nitrogen and oxygen atoms in total. The third-order valence-electron chi connectivity index (χ3n) is 4.23. The van der Waals surface area contributed by atoms with Gasteiger partial charge in [0.05, 0.1) is 26.5 Å². The van der Waals surface area contributed by atoms with E-state index in [1.165, 1.54) is 5.56 Å². The molecule has 1 amide bonds. The van der Waals surface area contributed by atoms with Crippen molar-refractivity contribution < 1.29 is 14.3 Å². The fourth-order valence-corrected chi connectivity index (χ4v) is 2.78. The zero-order valence-corrected chi connectivity index (χ0v) is 14.9. The molecule has 2 aromatic carbocycles. The van der Waals surface area contributed by atoms with Gasteiger partial charge in [0.15, 0.2) is 0 Å². The molecule has 26 heavy (non-hydrogen) atoms. The normalized spacial score (nSPS) is 15.1. The van der Waals surface area contributed by atoms with Crippen LogP contribution >= 0.6 is 0 Å². The lowest BCUT2D eigenvalue weighted by atomic mass is 10.1. The Morgan fingerprint density at radius 2 is 1.92 bits per heavy atom. The Balaban J connectivity index is 1.55. The van der Waals surface area contributed by atoms with Crippen LogP contribution in [0.1, 0.15) is 21.5 Å². The fourth-order valence-electron chi connectivity index (χ4n) is 2.78. The summed E-state index contributed by atoms with van der Waals surface area (Å²) in [7, 11) is 1.60. The van der Waals surface area contributed by atoms with Crippen molar-refractivity contribution in [3.8, 4) is 5.75 Å². The Kier molecular flexibility index (Phi) is 6.35. The molecule has 0 aliphatic carbocycles. The molecule has 0 saturated carbocycles. The van der Waals surface area contributed by atoms with E-state index in [1.54, 1.807) is 13.3 Å². The molecule has 2 aromatic rings. The summed E-state index contributed by atoms with van der Waals surface area (Å²) in [5.41, 5.74) is 5.11. The first-order valence-electron chi connectivity index (χ1n) is 8.62. The smallest absolute Gasteiger partial charge is 0.271 e. The van der Waals surface area contributed by atoms with Crippen LogP contribution in [0.3, 0.4) is 0 Å². The van der Waals surface area contributed by atoms with Gasteiger partial charge >= 0.3 is 0 Å². The van der Waals surface area contributed by atoms with E-state index in [2.05, 4.69) is 15.4 Å². The molecular formula is C20H23N3O3. The number of rotatable bonds is 6. The second kappa shape index (κ2) is 9.12.